The van der Waals surface area contributed by atoms with E-state index in [1.54, 1.807) is 36.4 Å². The third-order valence-corrected chi connectivity index (χ3v) is 6.05. The largest absolute Gasteiger partial charge is 0.322 e. The Morgan fingerprint density at radius 1 is 1.28 bits per heavy atom. The van der Waals surface area contributed by atoms with Gasteiger partial charge in [0.25, 0.3) is 5.91 Å². The smallest absolute Gasteiger partial charge is 0.255 e. The Hall–Kier alpha value is -2.05. The van der Waals surface area contributed by atoms with Crippen LogP contribution >= 0.6 is 11.6 Å². The average molecular weight is 379 g/mol. The minimum atomic E-state index is -3.34. The number of hydrogen-bond donors (Lipinski definition) is 1. The Labute approximate surface area is 152 Å². The highest BCUT2D eigenvalue weighted by molar-refractivity contribution is 7.92. The first-order chi connectivity index (χ1) is 11.7. The number of sulfonamides is 1. The van der Waals surface area contributed by atoms with Crippen LogP contribution in [0.25, 0.3) is 0 Å². The zero-order valence-electron chi connectivity index (χ0n) is 14.2. The zero-order valence-corrected chi connectivity index (χ0v) is 15.8. The van der Waals surface area contributed by atoms with Crippen LogP contribution in [-0.2, 0) is 16.4 Å². The Morgan fingerprint density at radius 2 is 2.00 bits per heavy atom. The van der Waals surface area contributed by atoms with E-state index in [1.807, 2.05) is 13.8 Å². The van der Waals surface area contributed by atoms with Gasteiger partial charge in [-0.15, -0.1) is 0 Å². The number of benzene rings is 2. The fraction of sp³-hybridized carbons (Fsp3) is 0.278. The van der Waals surface area contributed by atoms with Crippen molar-refractivity contribution in [1.29, 1.82) is 0 Å². The molecule has 1 aliphatic heterocycles. The average Bonchev–Trinajstić information content (AvgIpc) is 2.86. The summed E-state index contributed by atoms with van der Waals surface area (Å²) in [5, 5.41) is 3.44. The number of nitrogens with zero attached hydrogens (tertiary/aromatic N) is 1. The van der Waals surface area contributed by atoms with E-state index >= 15 is 0 Å². The van der Waals surface area contributed by atoms with Crippen molar-refractivity contribution in [2.45, 2.75) is 26.3 Å². The molecule has 0 saturated carbocycles. The molecule has 0 fully saturated rings. The van der Waals surface area contributed by atoms with Crippen LogP contribution in [-0.4, -0.2) is 26.6 Å². The summed E-state index contributed by atoms with van der Waals surface area (Å²) in [4.78, 5) is 12.6. The standard InChI is InChI=1S/C18H19ClN2O3S/c1-11-9-14-10-13(7-8-17(14)21(11)25(3,23)24)18(22)20-16-6-4-5-15(19)12(16)2/h4-8,10-11H,9H2,1-3H3,(H,20,22)/t11-/m0/s1. The summed E-state index contributed by atoms with van der Waals surface area (Å²) in [5.41, 5.74) is 3.44. The van der Waals surface area contributed by atoms with Crippen molar-refractivity contribution in [3.63, 3.8) is 0 Å². The molecule has 25 heavy (non-hydrogen) atoms. The molecule has 1 N–H and O–H groups in total. The highest BCUT2D eigenvalue weighted by atomic mass is 35.5. The number of fused-ring (bicyclic) bond motifs is 1. The number of rotatable bonds is 3. The normalized spacial score (nSPS) is 16.6. The number of nitrogens with one attached hydrogen (secondary N) is 1. The zero-order chi connectivity index (χ0) is 18.4. The van der Waals surface area contributed by atoms with Gasteiger partial charge in [0.05, 0.1) is 11.9 Å². The van der Waals surface area contributed by atoms with E-state index in [1.165, 1.54) is 10.6 Å². The highest BCUT2D eigenvalue weighted by Crippen LogP contribution is 2.35. The molecule has 132 valence electrons. The second-order valence-corrected chi connectivity index (χ2v) is 8.59. The lowest BCUT2D eigenvalue weighted by Crippen LogP contribution is -2.34. The Balaban J connectivity index is 1.90. The summed E-state index contributed by atoms with van der Waals surface area (Å²) in [5.74, 6) is -0.251. The molecule has 0 radical (unpaired) electrons. The molecule has 1 aliphatic rings. The minimum absolute atomic E-state index is 0.154. The Morgan fingerprint density at radius 3 is 2.68 bits per heavy atom. The number of carbonyl (C=O) groups excluding carboxylic acids is 1. The van der Waals surface area contributed by atoms with E-state index in [0.717, 1.165) is 11.1 Å². The van der Waals surface area contributed by atoms with E-state index in [2.05, 4.69) is 5.32 Å². The number of amides is 1. The van der Waals surface area contributed by atoms with Crippen molar-refractivity contribution < 1.29 is 13.2 Å². The first kappa shape index (κ1) is 17.8. The van der Waals surface area contributed by atoms with E-state index in [9.17, 15) is 13.2 Å². The summed E-state index contributed by atoms with van der Waals surface area (Å²) < 4.78 is 25.3. The van der Waals surface area contributed by atoms with Gasteiger partial charge in [-0.2, -0.15) is 0 Å². The molecule has 2 aromatic carbocycles. The van der Waals surface area contributed by atoms with Gasteiger partial charge in [0.1, 0.15) is 0 Å². The summed E-state index contributed by atoms with van der Waals surface area (Å²) in [6.45, 7) is 3.70. The quantitative estimate of drug-likeness (QED) is 0.887. The van der Waals surface area contributed by atoms with Gasteiger partial charge in [-0.1, -0.05) is 17.7 Å². The molecule has 5 nitrogen and oxygen atoms in total. The SMILES string of the molecule is Cc1c(Cl)cccc1NC(=O)c1ccc2c(c1)C[C@H](C)N2S(C)(=O)=O. The molecule has 0 unspecified atom stereocenters. The van der Waals surface area contributed by atoms with Gasteiger partial charge >= 0.3 is 0 Å². The van der Waals surface area contributed by atoms with Crippen molar-refractivity contribution in [2.75, 3.05) is 15.9 Å². The van der Waals surface area contributed by atoms with Gasteiger partial charge < -0.3 is 5.32 Å². The van der Waals surface area contributed by atoms with Crippen LogP contribution < -0.4 is 9.62 Å². The van der Waals surface area contributed by atoms with E-state index in [-0.39, 0.29) is 11.9 Å². The van der Waals surface area contributed by atoms with Crippen LogP contribution in [0.2, 0.25) is 5.02 Å². The third-order valence-electron chi connectivity index (χ3n) is 4.37. The van der Waals surface area contributed by atoms with E-state index in [0.29, 0.717) is 28.4 Å². The summed E-state index contributed by atoms with van der Waals surface area (Å²) >= 11 is 6.08. The van der Waals surface area contributed by atoms with E-state index in [4.69, 9.17) is 11.6 Å². The summed E-state index contributed by atoms with van der Waals surface area (Å²) in [6, 6.07) is 10.3. The van der Waals surface area contributed by atoms with Gasteiger partial charge in [0.15, 0.2) is 0 Å². The van der Waals surface area contributed by atoms with Crippen LogP contribution in [0.4, 0.5) is 11.4 Å². The molecule has 0 bridgehead atoms. The van der Waals surface area contributed by atoms with Crippen LogP contribution in [0, 0.1) is 6.92 Å². The molecule has 0 aliphatic carbocycles. The second-order valence-electron chi connectivity index (χ2n) is 6.32. The monoisotopic (exact) mass is 378 g/mol. The van der Waals surface area contributed by atoms with Gasteiger partial charge in [0.2, 0.25) is 10.0 Å². The van der Waals surface area contributed by atoms with Crippen LogP contribution in [0.3, 0.4) is 0 Å². The predicted octanol–water partition coefficient (Wildman–Crippen LogP) is 3.61. The van der Waals surface area contributed by atoms with Crippen molar-refractivity contribution in [3.8, 4) is 0 Å². The molecule has 0 saturated heterocycles. The molecule has 1 atom stereocenters. The van der Waals surface area contributed by atoms with Gasteiger partial charge in [-0.3, -0.25) is 9.10 Å². The van der Waals surface area contributed by atoms with Crippen LogP contribution in [0.5, 0.6) is 0 Å². The van der Waals surface area contributed by atoms with Crippen LogP contribution in [0.15, 0.2) is 36.4 Å². The summed E-state index contributed by atoms with van der Waals surface area (Å²) in [7, 11) is -3.34. The molecular formula is C18H19ClN2O3S. The maximum Gasteiger partial charge on any atom is 0.255 e. The minimum Gasteiger partial charge on any atom is -0.322 e. The third kappa shape index (κ3) is 3.37. The number of halogens is 1. The molecule has 0 spiro atoms. The lowest BCUT2D eigenvalue weighted by Gasteiger charge is -2.21. The molecular weight excluding hydrogens is 360 g/mol. The molecule has 2 aromatic rings. The molecule has 1 amide bonds. The number of anilines is 2. The first-order valence-corrected chi connectivity index (χ1v) is 10.1. The second kappa shape index (κ2) is 6.35. The molecule has 3 rings (SSSR count). The maximum absolute atomic E-state index is 12.6. The highest BCUT2D eigenvalue weighted by Gasteiger charge is 2.32. The lowest BCUT2D eigenvalue weighted by atomic mass is 10.1. The summed E-state index contributed by atoms with van der Waals surface area (Å²) in [6.07, 6.45) is 1.78. The predicted molar refractivity (Wildman–Crippen MR) is 101 cm³/mol. The van der Waals surface area contributed by atoms with Crippen molar-refractivity contribution in [3.05, 3.63) is 58.1 Å². The fourth-order valence-corrected chi connectivity index (χ4v) is 4.62. The number of carbonyl (C=O) groups is 1. The maximum atomic E-state index is 12.6. The van der Waals surface area contributed by atoms with Crippen molar-refractivity contribution in [1.82, 2.24) is 0 Å². The molecule has 1 heterocycles. The van der Waals surface area contributed by atoms with Gasteiger partial charge in [-0.05, 0) is 61.7 Å². The number of hydrogen-bond acceptors (Lipinski definition) is 3. The van der Waals surface area contributed by atoms with Gasteiger partial charge in [0, 0.05) is 22.3 Å². The topological polar surface area (TPSA) is 66.5 Å². The lowest BCUT2D eigenvalue weighted by molar-refractivity contribution is 0.102. The Kier molecular flexibility index (Phi) is 4.51. The van der Waals surface area contributed by atoms with Crippen LogP contribution in [0.1, 0.15) is 28.4 Å². The van der Waals surface area contributed by atoms with Gasteiger partial charge in [-0.25, -0.2) is 8.42 Å². The van der Waals surface area contributed by atoms with E-state index < -0.39 is 10.0 Å². The van der Waals surface area contributed by atoms with Crippen molar-refractivity contribution >= 4 is 38.9 Å². The van der Waals surface area contributed by atoms with Crippen molar-refractivity contribution in [2.24, 2.45) is 0 Å². The fourth-order valence-electron chi connectivity index (χ4n) is 3.19. The molecule has 0 aromatic heterocycles. The molecule has 7 heteroatoms. The first-order valence-electron chi connectivity index (χ1n) is 7.87. The Bertz CT molecular complexity index is 957.